The molecule has 4 aliphatic heterocycles. The average molecular weight is 922 g/mol. The Kier molecular flexibility index (Phi) is 15.3. The molecule has 1 aromatic heterocycles. The highest BCUT2D eigenvalue weighted by Gasteiger charge is 2.52. The molecule has 2 amide bonds. The van der Waals surface area contributed by atoms with Crippen molar-refractivity contribution in [1.82, 2.24) is 25.4 Å². The monoisotopic (exact) mass is 922 g/mol. The van der Waals surface area contributed by atoms with Gasteiger partial charge in [-0.25, -0.2) is 0 Å². The van der Waals surface area contributed by atoms with E-state index in [-0.39, 0.29) is 54.9 Å². The molecule has 10 nitrogen and oxygen atoms in total. The van der Waals surface area contributed by atoms with Crippen molar-refractivity contribution in [3.05, 3.63) is 64.0 Å². The summed E-state index contributed by atoms with van der Waals surface area (Å²) in [7, 11) is 1.69. The Hall–Kier alpha value is -3.31. The summed E-state index contributed by atoms with van der Waals surface area (Å²) in [4.78, 5) is 35.2. The Labute approximate surface area is 380 Å². The van der Waals surface area contributed by atoms with E-state index in [0.717, 1.165) is 88.5 Å². The van der Waals surface area contributed by atoms with Crippen LogP contribution in [-0.4, -0.2) is 103 Å². The summed E-state index contributed by atoms with van der Waals surface area (Å²) in [5.41, 5.74) is 0.330. The summed E-state index contributed by atoms with van der Waals surface area (Å²) in [6.45, 7) is 14.9. The molecule has 4 fully saturated rings. The molecule has 2 saturated carbocycles. The molecule has 8 rings (SSSR count). The summed E-state index contributed by atoms with van der Waals surface area (Å²) in [6, 6.07) is 6.20. The van der Waals surface area contributed by atoms with Crippen LogP contribution in [-0.2, 0) is 62.1 Å². The minimum atomic E-state index is -4.44. The van der Waals surface area contributed by atoms with E-state index in [1.165, 1.54) is 6.07 Å². The Morgan fingerprint density at radius 2 is 1.28 bits per heavy atom. The van der Waals surface area contributed by atoms with E-state index in [0.29, 0.717) is 74.0 Å². The van der Waals surface area contributed by atoms with Crippen molar-refractivity contribution in [1.29, 1.82) is 0 Å². The van der Waals surface area contributed by atoms with Crippen LogP contribution in [0.2, 0.25) is 0 Å². The number of nitrogens with zero attached hydrogens (tertiary/aromatic N) is 3. The fraction of sp³-hybridized carbons (Fsp3) is 0.735. The lowest BCUT2D eigenvalue weighted by molar-refractivity contribution is -0.146. The Morgan fingerprint density at radius 1 is 0.738 bits per heavy atom. The lowest BCUT2D eigenvalue weighted by Crippen LogP contribution is -2.52. The topological polar surface area (TPSA) is 105 Å². The molecule has 2 aromatic rings. The summed E-state index contributed by atoms with van der Waals surface area (Å²) in [6.07, 6.45) is -0.0217. The molecule has 8 atom stereocenters. The predicted octanol–water partition coefficient (Wildman–Crippen LogP) is 8.37. The quantitative estimate of drug-likeness (QED) is 0.242. The first-order valence-corrected chi connectivity index (χ1v) is 23.8. The van der Waals surface area contributed by atoms with Gasteiger partial charge in [0.1, 0.15) is 0 Å². The van der Waals surface area contributed by atoms with Crippen molar-refractivity contribution >= 4 is 11.8 Å². The van der Waals surface area contributed by atoms with Gasteiger partial charge in [-0.1, -0.05) is 40.7 Å². The van der Waals surface area contributed by atoms with Crippen LogP contribution < -0.4 is 10.6 Å². The van der Waals surface area contributed by atoms with Crippen molar-refractivity contribution in [2.45, 2.75) is 155 Å². The summed E-state index contributed by atoms with van der Waals surface area (Å²) >= 11 is 0. The molecule has 2 aliphatic carbocycles. The number of rotatable bonds is 9. The van der Waals surface area contributed by atoms with Crippen molar-refractivity contribution in [3.63, 3.8) is 0 Å². The Balaban J connectivity index is 0.000000194. The van der Waals surface area contributed by atoms with Crippen LogP contribution >= 0.6 is 0 Å². The van der Waals surface area contributed by atoms with Gasteiger partial charge in [0.25, 0.3) is 0 Å². The van der Waals surface area contributed by atoms with Crippen LogP contribution in [0.5, 0.6) is 0 Å². The van der Waals surface area contributed by atoms with Crippen LogP contribution in [0, 0.1) is 28.6 Å². The fourth-order valence-electron chi connectivity index (χ4n) is 11.5. The van der Waals surface area contributed by atoms with Crippen molar-refractivity contribution < 1.29 is 50.1 Å². The van der Waals surface area contributed by atoms with E-state index in [1.54, 1.807) is 18.1 Å². The summed E-state index contributed by atoms with van der Waals surface area (Å²) in [5, 5.41) is 7.51. The van der Waals surface area contributed by atoms with Crippen LogP contribution in [0.25, 0.3) is 0 Å². The molecule has 0 spiro atoms. The van der Waals surface area contributed by atoms with Crippen LogP contribution in [0.3, 0.4) is 0 Å². The number of amides is 2. The maximum absolute atomic E-state index is 13.8. The highest BCUT2D eigenvalue weighted by atomic mass is 19.4. The van der Waals surface area contributed by atoms with Gasteiger partial charge in [0.2, 0.25) is 11.8 Å². The van der Waals surface area contributed by atoms with Crippen LogP contribution in [0.15, 0.2) is 30.5 Å². The zero-order valence-electron chi connectivity index (χ0n) is 38.9. The molecule has 16 heteroatoms. The zero-order chi connectivity index (χ0) is 46.9. The minimum Gasteiger partial charge on any atom is -0.381 e. The van der Waals surface area contributed by atoms with Gasteiger partial charge < -0.3 is 34.6 Å². The molecule has 1 aromatic carbocycles. The third-order valence-corrected chi connectivity index (χ3v) is 15.8. The largest absolute Gasteiger partial charge is 0.417 e. The third kappa shape index (κ3) is 10.9. The van der Waals surface area contributed by atoms with Gasteiger partial charge in [-0.2, -0.15) is 26.3 Å². The average Bonchev–Trinajstić information content (AvgIpc) is 3.92. The number of alkyl halides is 6. The normalized spacial score (nSPS) is 30.8. The van der Waals surface area contributed by atoms with Crippen molar-refractivity contribution in [2.24, 2.45) is 28.6 Å². The second kappa shape index (κ2) is 20.1. The maximum Gasteiger partial charge on any atom is 0.417 e. The molecule has 65 heavy (non-hydrogen) atoms. The number of nitrogens with one attached hydrogen (secondary N) is 2. The molecule has 0 radical (unpaired) electrons. The fourth-order valence-corrected chi connectivity index (χ4v) is 11.5. The molecule has 0 bridgehead atoms. The number of methoxy groups -OCH3 is 1. The van der Waals surface area contributed by atoms with Gasteiger partial charge in [0.15, 0.2) is 0 Å². The van der Waals surface area contributed by atoms with Gasteiger partial charge >= 0.3 is 12.4 Å². The number of carbonyl (C=O) groups is 2. The number of hydrogen-bond acceptors (Lipinski definition) is 8. The lowest BCUT2D eigenvalue weighted by Gasteiger charge is -2.40. The number of hydrogen-bond donors (Lipinski definition) is 2. The molecule has 362 valence electrons. The first-order chi connectivity index (χ1) is 30.7. The smallest absolute Gasteiger partial charge is 0.381 e. The molecule has 5 heterocycles. The van der Waals surface area contributed by atoms with E-state index < -0.39 is 34.3 Å². The zero-order valence-corrected chi connectivity index (χ0v) is 38.9. The van der Waals surface area contributed by atoms with Gasteiger partial charge in [0, 0.05) is 89.0 Å². The van der Waals surface area contributed by atoms with E-state index in [2.05, 4.69) is 50.2 Å². The van der Waals surface area contributed by atoms with Crippen molar-refractivity contribution in [3.8, 4) is 0 Å². The number of carbonyl (C=O) groups excluding carboxylic acids is 2. The first kappa shape index (κ1) is 49.6. The number of fused-ring (bicyclic) bond motifs is 2. The standard InChI is InChI=1S/C25H35F3N2O2.C24H34F3N3O3/c1-16(2)24(9-6-21(13-24)29-22-8-11-32-15-17(22)3)23(31)30-10-7-18-4-5-20(25(26,27)28)12-19(18)14-30;1-15(2)23(7-4-18(11-23)29-20-6-9-33-14-21(20)32-3)22(31)30-8-5-19-16(13-30)10-17(12-28-19)24(25,26)27/h4-5,12,16-17,21-22,29H,6-11,13-15H2,1-3H3;10,12,15,18,20-21,29H,4-9,11,13-14H2,1-3H3/t17-,21?,22+,24+;18?,20-,21+,23+/m11/s1. The molecule has 2 saturated heterocycles. The molecular formula is C49H69F6N5O5. The SMILES string of the molecule is CC(C)[C@]1(C(=O)N2CCc3ccc(C(F)(F)F)cc3C2)CCC(N[C@H]2CCOC[C@H]2C)C1.CO[C@H]1COCC[C@H]1NC1CC[C@@](C(=O)N2CCc3ncc(C(F)(F)F)cc3C2)(C(C)C)C1. The van der Waals surface area contributed by atoms with E-state index in [9.17, 15) is 35.9 Å². The van der Waals surface area contributed by atoms with Crippen LogP contribution in [0.1, 0.15) is 119 Å². The van der Waals surface area contributed by atoms with Crippen LogP contribution in [0.4, 0.5) is 26.3 Å². The lowest BCUT2D eigenvalue weighted by atomic mass is 9.73. The van der Waals surface area contributed by atoms with Gasteiger partial charge in [-0.15, -0.1) is 0 Å². The number of ether oxygens (including phenoxy) is 3. The highest BCUT2D eigenvalue weighted by molar-refractivity contribution is 5.84. The maximum atomic E-state index is 13.8. The Morgan fingerprint density at radius 3 is 1.85 bits per heavy atom. The second-order valence-electron chi connectivity index (χ2n) is 20.3. The van der Waals surface area contributed by atoms with E-state index in [1.807, 2.05) is 4.90 Å². The Bertz CT molecular complexity index is 1980. The van der Waals surface area contributed by atoms with Crippen molar-refractivity contribution in [2.75, 3.05) is 46.6 Å². The number of halogens is 6. The number of aromatic nitrogens is 1. The second-order valence-corrected chi connectivity index (χ2v) is 20.3. The highest BCUT2D eigenvalue weighted by Crippen LogP contribution is 2.48. The minimum absolute atomic E-state index is 0.00238. The van der Waals surface area contributed by atoms with Gasteiger partial charge in [0.05, 0.1) is 41.3 Å². The number of pyridine rings is 1. The van der Waals surface area contributed by atoms with Gasteiger partial charge in [-0.05, 0) is 110 Å². The predicted molar refractivity (Wildman–Crippen MR) is 233 cm³/mol. The molecule has 2 unspecified atom stereocenters. The number of benzene rings is 1. The molecule has 6 aliphatic rings. The van der Waals surface area contributed by atoms with E-state index in [4.69, 9.17) is 14.2 Å². The third-order valence-electron chi connectivity index (χ3n) is 15.8. The molecular weight excluding hydrogens is 853 g/mol. The van der Waals surface area contributed by atoms with E-state index >= 15 is 0 Å². The molecule has 2 N–H and O–H groups in total. The summed E-state index contributed by atoms with van der Waals surface area (Å²) in [5.74, 6) is 0.928. The summed E-state index contributed by atoms with van der Waals surface area (Å²) < 4.78 is 95.7. The first-order valence-electron chi connectivity index (χ1n) is 23.8. The van der Waals surface area contributed by atoms with Gasteiger partial charge in [-0.3, -0.25) is 14.6 Å².